The molecule has 2 N–H and O–H groups in total. The zero-order valence-electron chi connectivity index (χ0n) is 15.9. The van der Waals surface area contributed by atoms with E-state index in [2.05, 4.69) is 29.7 Å². The van der Waals surface area contributed by atoms with Crippen LogP contribution >= 0.6 is 0 Å². The number of nitrogens with one attached hydrogen (secondary N) is 2. The summed E-state index contributed by atoms with van der Waals surface area (Å²) in [5.74, 6) is -0.189. The average Bonchev–Trinajstić information content (AvgIpc) is 2.76. The van der Waals surface area contributed by atoms with Gasteiger partial charge in [-0.05, 0) is 36.2 Å². The Balaban J connectivity index is 1.69. The minimum Gasteiger partial charge on any atom is -0.351 e. The van der Waals surface area contributed by atoms with Crippen molar-refractivity contribution >= 4 is 17.5 Å². The van der Waals surface area contributed by atoms with Crippen LogP contribution in [0.5, 0.6) is 0 Å². The van der Waals surface area contributed by atoms with Crippen LogP contribution in [0, 0.1) is 0 Å². The first-order valence-corrected chi connectivity index (χ1v) is 9.47. The number of carbonyl (C=O) groups is 2. The minimum atomic E-state index is -0.239. The van der Waals surface area contributed by atoms with Crippen LogP contribution in [-0.4, -0.2) is 18.4 Å². The summed E-state index contributed by atoms with van der Waals surface area (Å²) in [6.07, 6.45) is 0.927. The van der Waals surface area contributed by atoms with Gasteiger partial charge in [-0.2, -0.15) is 0 Å². The van der Waals surface area contributed by atoms with Crippen LogP contribution in [0.25, 0.3) is 0 Å². The molecule has 0 radical (unpaired) electrons. The predicted octanol–water partition coefficient (Wildman–Crippen LogP) is 4.86. The molecule has 3 rings (SSSR count). The Labute approximate surface area is 165 Å². The Morgan fingerprint density at radius 3 is 2.07 bits per heavy atom. The third kappa shape index (κ3) is 4.86. The van der Waals surface area contributed by atoms with Crippen molar-refractivity contribution in [1.29, 1.82) is 0 Å². The monoisotopic (exact) mass is 372 g/mol. The summed E-state index contributed by atoms with van der Waals surface area (Å²) in [5, 5.41) is 5.85. The minimum absolute atomic E-state index is 0.196. The first-order valence-electron chi connectivity index (χ1n) is 9.47. The number of rotatable bonds is 7. The second-order valence-corrected chi connectivity index (χ2v) is 6.59. The van der Waals surface area contributed by atoms with E-state index < -0.39 is 0 Å². The van der Waals surface area contributed by atoms with E-state index >= 15 is 0 Å². The van der Waals surface area contributed by atoms with Crippen LogP contribution in [0.3, 0.4) is 0 Å². The van der Waals surface area contributed by atoms with Gasteiger partial charge in [-0.15, -0.1) is 0 Å². The van der Waals surface area contributed by atoms with E-state index in [0.29, 0.717) is 23.4 Å². The van der Waals surface area contributed by atoms with E-state index in [0.717, 1.165) is 6.42 Å². The second-order valence-electron chi connectivity index (χ2n) is 6.59. The Bertz CT molecular complexity index is 924. The van der Waals surface area contributed by atoms with Crippen LogP contribution in [0.15, 0.2) is 84.9 Å². The molecular formula is C24H24N2O2. The van der Waals surface area contributed by atoms with Crippen molar-refractivity contribution in [3.8, 4) is 0 Å². The first kappa shape index (κ1) is 19.4. The summed E-state index contributed by atoms with van der Waals surface area (Å²) in [7, 11) is 0. The van der Waals surface area contributed by atoms with Gasteiger partial charge in [0.2, 0.25) is 0 Å². The van der Waals surface area contributed by atoms with Gasteiger partial charge in [0.25, 0.3) is 11.8 Å². The smallest absolute Gasteiger partial charge is 0.255 e. The number of carbonyl (C=O) groups excluding carboxylic acids is 2. The van der Waals surface area contributed by atoms with Crippen molar-refractivity contribution in [3.05, 3.63) is 102 Å². The van der Waals surface area contributed by atoms with Crippen molar-refractivity contribution in [1.82, 2.24) is 5.32 Å². The van der Waals surface area contributed by atoms with E-state index in [1.807, 2.05) is 36.4 Å². The molecule has 0 fully saturated rings. The van der Waals surface area contributed by atoms with Gasteiger partial charge < -0.3 is 10.6 Å². The molecule has 3 aromatic carbocycles. The lowest BCUT2D eigenvalue weighted by Crippen LogP contribution is -2.29. The SMILES string of the molecule is CC[C@@H](CNC(=O)c1ccccc1NC(=O)c1ccccc1)c1ccccc1. The molecule has 0 unspecified atom stereocenters. The summed E-state index contributed by atoms with van der Waals surface area (Å²) in [6, 6.07) is 26.2. The van der Waals surface area contributed by atoms with Crippen molar-refractivity contribution in [2.75, 3.05) is 11.9 Å². The summed E-state index contributed by atoms with van der Waals surface area (Å²) in [5.41, 5.74) is 2.71. The maximum absolute atomic E-state index is 12.8. The number of benzene rings is 3. The maximum atomic E-state index is 12.8. The van der Waals surface area contributed by atoms with Crippen molar-refractivity contribution in [2.24, 2.45) is 0 Å². The van der Waals surface area contributed by atoms with E-state index in [1.54, 1.807) is 36.4 Å². The van der Waals surface area contributed by atoms with Gasteiger partial charge in [-0.3, -0.25) is 9.59 Å². The van der Waals surface area contributed by atoms with Crippen LogP contribution in [-0.2, 0) is 0 Å². The number of anilines is 1. The fourth-order valence-corrected chi connectivity index (χ4v) is 3.11. The molecule has 2 amide bonds. The van der Waals surface area contributed by atoms with Gasteiger partial charge in [0.15, 0.2) is 0 Å². The van der Waals surface area contributed by atoms with Gasteiger partial charge in [-0.1, -0.05) is 67.6 Å². The highest BCUT2D eigenvalue weighted by Gasteiger charge is 2.16. The highest BCUT2D eigenvalue weighted by molar-refractivity contribution is 6.08. The molecule has 4 nitrogen and oxygen atoms in total. The third-order valence-corrected chi connectivity index (χ3v) is 4.73. The van der Waals surface area contributed by atoms with Crippen LogP contribution in [0.4, 0.5) is 5.69 Å². The summed E-state index contributed by atoms with van der Waals surface area (Å²) in [6.45, 7) is 2.65. The number of hydrogen-bond acceptors (Lipinski definition) is 2. The molecule has 4 heteroatoms. The third-order valence-electron chi connectivity index (χ3n) is 4.73. The molecule has 28 heavy (non-hydrogen) atoms. The highest BCUT2D eigenvalue weighted by Crippen LogP contribution is 2.20. The van der Waals surface area contributed by atoms with Crippen molar-refractivity contribution < 1.29 is 9.59 Å². The Morgan fingerprint density at radius 2 is 1.39 bits per heavy atom. The Hall–Kier alpha value is -3.40. The van der Waals surface area contributed by atoms with Crippen LogP contribution < -0.4 is 10.6 Å². The molecule has 3 aromatic rings. The lowest BCUT2D eigenvalue weighted by molar-refractivity contribution is 0.0952. The maximum Gasteiger partial charge on any atom is 0.255 e. The largest absolute Gasteiger partial charge is 0.351 e. The zero-order valence-corrected chi connectivity index (χ0v) is 15.9. The topological polar surface area (TPSA) is 58.2 Å². The molecule has 0 aliphatic heterocycles. The molecule has 1 atom stereocenters. The van der Waals surface area contributed by atoms with Crippen LogP contribution in [0.2, 0.25) is 0 Å². The van der Waals surface area contributed by atoms with Crippen molar-refractivity contribution in [2.45, 2.75) is 19.3 Å². The van der Waals surface area contributed by atoms with Gasteiger partial charge in [0, 0.05) is 18.0 Å². The van der Waals surface area contributed by atoms with Crippen molar-refractivity contribution in [3.63, 3.8) is 0 Å². The van der Waals surface area contributed by atoms with E-state index in [9.17, 15) is 9.59 Å². The van der Waals surface area contributed by atoms with E-state index in [4.69, 9.17) is 0 Å². The molecule has 0 heterocycles. The second kappa shape index (κ2) is 9.51. The zero-order chi connectivity index (χ0) is 19.8. The molecule has 0 aliphatic rings. The normalized spacial score (nSPS) is 11.5. The number of amides is 2. The molecule has 142 valence electrons. The highest BCUT2D eigenvalue weighted by atomic mass is 16.2. The Morgan fingerprint density at radius 1 is 0.786 bits per heavy atom. The fourth-order valence-electron chi connectivity index (χ4n) is 3.11. The number of hydrogen-bond donors (Lipinski definition) is 2. The quantitative estimate of drug-likeness (QED) is 0.622. The summed E-state index contributed by atoms with van der Waals surface area (Å²) in [4.78, 5) is 25.2. The van der Waals surface area contributed by atoms with Gasteiger partial charge in [0.1, 0.15) is 0 Å². The lowest BCUT2D eigenvalue weighted by atomic mass is 9.96. The van der Waals surface area contributed by atoms with Gasteiger partial charge in [-0.25, -0.2) is 0 Å². The van der Waals surface area contributed by atoms with Crippen LogP contribution in [0.1, 0.15) is 45.5 Å². The van der Waals surface area contributed by atoms with E-state index in [-0.39, 0.29) is 17.7 Å². The molecular weight excluding hydrogens is 348 g/mol. The standard InChI is InChI=1S/C24H24N2O2/c1-2-18(19-11-5-3-6-12-19)17-25-24(28)21-15-9-10-16-22(21)26-23(27)20-13-7-4-8-14-20/h3-16,18H,2,17H2,1H3,(H,25,28)(H,26,27)/t18-/m0/s1. The molecule has 0 aliphatic carbocycles. The van der Waals surface area contributed by atoms with Gasteiger partial charge in [0.05, 0.1) is 11.3 Å². The lowest BCUT2D eigenvalue weighted by Gasteiger charge is -2.17. The number of para-hydroxylation sites is 1. The Kier molecular flexibility index (Phi) is 6.58. The molecule has 0 spiro atoms. The molecule has 0 aromatic heterocycles. The van der Waals surface area contributed by atoms with Gasteiger partial charge >= 0.3 is 0 Å². The molecule has 0 saturated heterocycles. The molecule has 0 bridgehead atoms. The first-order chi connectivity index (χ1) is 13.7. The van der Waals surface area contributed by atoms with E-state index in [1.165, 1.54) is 5.56 Å². The average molecular weight is 372 g/mol. The summed E-state index contributed by atoms with van der Waals surface area (Å²) >= 11 is 0. The fraction of sp³-hybridized carbons (Fsp3) is 0.167. The summed E-state index contributed by atoms with van der Waals surface area (Å²) < 4.78 is 0. The predicted molar refractivity (Wildman–Crippen MR) is 113 cm³/mol. The molecule has 0 saturated carbocycles.